The summed E-state index contributed by atoms with van der Waals surface area (Å²) in [6.07, 6.45) is 0. The summed E-state index contributed by atoms with van der Waals surface area (Å²) in [6, 6.07) is 12.9. The van der Waals surface area contributed by atoms with Gasteiger partial charge in [-0.25, -0.2) is 26.3 Å². The highest BCUT2D eigenvalue weighted by Gasteiger charge is 2.15. The third-order valence-corrected chi connectivity index (χ3v) is 6.63. The van der Waals surface area contributed by atoms with Gasteiger partial charge < -0.3 is 0 Å². The van der Waals surface area contributed by atoms with Gasteiger partial charge >= 0.3 is 0 Å². The molecule has 0 aromatic heterocycles. The second-order valence-electron chi connectivity index (χ2n) is 5.90. The highest BCUT2D eigenvalue weighted by atomic mass is 32.2. The number of benzene rings is 2. The summed E-state index contributed by atoms with van der Waals surface area (Å²) in [6.45, 7) is 4.07. The molecule has 0 aliphatic carbocycles. The normalized spacial score (nSPS) is 12.5. The van der Waals surface area contributed by atoms with Crippen molar-refractivity contribution in [3.63, 3.8) is 0 Å². The lowest BCUT2D eigenvalue weighted by atomic mass is 10.0. The van der Waals surface area contributed by atoms with Crippen LogP contribution in [0, 0.1) is 0 Å². The van der Waals surface area contributed by atoms with Gasteiger partial charge in [-0.15, -0.1) is 0 Å². The van der Waals surface area contributed by atoms with E-state index in [2.05, 4.69) is 9.44 Å². The lowest BCUT2D eigenvalue weighted by Gasteiger charge is -2.10. The van der Waals surface area contributed by atoms with E-state index in [1.807, 2.05) is 13.8 Å². The van der Waals surface area contributed by atoms with Gasteiger partial charge in [-0.3, -0.25) is 0 Å². The average Bonchev–Trinajstić information content (AvgIpc) is 2.60. The average molecular weight is 383 g/mol. The summed E-state index contributed by atoms with van der Waals surface area (Å²) in [5.41, 5.74) is 1.61. The molecule has 0 aliphatic heterocycles. The Kier molecular flexibility index (Phi) is 5.99. The van der Waals surface area contributed by atoms with Gasteiger partial charge in [0, 0.05) is 6.54 Å². The maximum absolute atomic E-state index is 12.4. The van der Waals surface area contributed by atoms with Crippen molar-refractivity contribution in [1.29, 1.82) is 0 Å². The molecule has 136 valence electrons. The molecular weight excluding hydrogens is 360 g/mol. The highest BCUT2D eigenvalue weighted by Crippen LogP contribution is 2.18. The van der Waals surface area contributed by atoms with E-state index in [0.29, 0.717) is 11.5 Å². The molecule has 0 fully saturated rings. The van der Waals surface area contributed by atoms with Crippen molar-refractivity contribution in [3.05, 3.63) is 59.7 Å². The van der Waals surface area contributed by atoms with E-state index in [4.69, 9.17) is 0 Å². The van der Waals surface area contributed by atoms with Crippen molar-refractivity contribution >= 4 is 20.0 Å². The Bertz CT molecular complexity index is 935. The first-order valence-electron chi connectivity index (χ1n) is 7.78. The predicted octanol–water partition coefficient (Wildman–Crippen LogP) is 2.20. The molecule has 0 spiro atoms. The lowest BCUT2D eigenvalue weighted by molar-refractivity contribution is 0.581. The molecule has 2 N–H and O–H groups in total. The van der Waals surface area contributed by atoms with Crippen LogP contribution in [-0.4, -0.2) is 23.9 Å². The van der Waals surface area contributed by atoms with Crippen molar-refractivity contribution in [2.75, 3.05) is 7.05 Å². The molecule has 0 aliphatic rings. The summed E-state index contributed by atoms with van der Waals surface area (Å²) in [7, 11) is -5.91. The standard InChI is InChI=1S/C17H22N2O4S2/c1-13(2)15-7-9-16(10-8-15)25(22,23)19-12-14-5-4-6-17(11-14)24(20,21)18-3/h4-11,13,18-19H,12H2,1-3H3. The van der Waals surface area contributed by atoms with Crippen molar-refractivity contribution < 1.29 is 16.8 Å². The Balaban J connectivity index is 2.16. The number of hydrogen-bond acceptors (Lipinski definition) is 4. The topological polar surface area (TPSA) is 92.3 Å². The van der Waals surface area contributed by atoms with Crippen LogP contribution in [0.2, 0.25) is 0 Å². The predicted molar refractivity (Wildman–Crippen MR) is 97.2 cm³/mol. The maximum atomic E-state index is 12.4. The summed E-state index contributed by atoms with van der Waals surface area (Å²) in [5, 5.41) is 0. The molecule has 0 amide bonds. The minimum atomic E-state index is -3.67. The molecular formula is C17H22N2O4S2. The zero-order valence-electron chi connectivity index (χ0n) is 14.4. The summed E-state index contributed by atoms with van der Waals surface area (Å²) < 4.78 is 53.1. The second kappa shape index (κ2) is 7.65. The first kappa shape index (κ1) is 19.6. The Morgan fingerprint density at radius 3 is 2.08 bits per heavy atom. The molecule has 0 bridgehead atoms. The fourth-order valence-electron chi connectivity index (χ4n) is 2.23. The van der Waals surface area contributed by atoms with Crippen LogP contribution in [0.1, 0.15) is 30.9 Å². The van der Waals surface area contributed by atoms with Crippen LogP contribution in [0.25, 0.3) is 0 Å². The van der Waals surface area contributed by atoms with E-state index < -0.39 is 20.0 Å². The summed E-state index contributed by atoms with van der Waals surface area (Å²) in [4.78, 5) is 0.267. The van der Waals surface area contributed by atoms with Crippen LogP contribution in [0.5, 0.6) is 0 Å². The Hall–Kier alpha value is -1.74. The van der Waals surface area contributed by atoms with Crippen LogP contribution in [0.4, 0.5) is 0 Å². The molecule has 25 heavy (non-hydrogen) atoms. The van der Waals surface area contributed by atoms with Gasteiger partial charge in [-0.2, -0.15) is 0 Å². The zero-order valence-corrected chi connectivity index (χ0v) is 16.0. The Labute approximate surface area is 149 Å². The van der Waals surface area contributed by atoms with Crippen LogP contribution >= 0.6 is 0 Å². The number of rotatable bonds is 7. The van der Waals surface area contributed by atoms with Gasteiger partial charge in [0.05, 0.1) is 9.79 Å². The van der Waals surface area contributed by atoms with E-state index >= 15 is 0 Å². The zero-order chi connectivity index (χ0) is 18.7. The molecule has 2 aromatic carbocycles. The van der Waals surface area contributed by atoms with Crippen molar-refractivity contribution in [2.24, 2.45) is 0 Å². The number of hydrogen-bond donors (Lipinski definition) is 2. The van der Waals surface area contributed by atoms with Gasteiger partial charge in [0.2, 0.25) is 20.0 Å². The SMILES string of the molecule is CNS(=O)(=O)c1cccc(CNS(=O)(=O)c2ccc(C(C)C)cc2)c1. The molecule has 8 heteroatoms. The van der Waals surface area contributed by atoms with Gasteiger partial charge in [-0.1, -0.05) is 38.1 Å². The van der Waals surface area contributed by atoms with Crippen molar-refractivity contribution in [1.82, 2.24) is 9.44 Å². The molecule has 0 saturated carbocycles. The van der Waals surface area contributed by atoms with E-state index in [1.165, 1.54) is 19.2 Å². The highest BCUT2D eigenvalue weighted by molar-refractivity contribution is 7.89. The lowest BCUT2D eigenvalue weighted by Crippen LogP contribution is -2.24. The largest absolute Gasteiger partial charge is 0.240 e. The fourth-order valence-corrected chi connectivity index (χ4v) is 4.05. The van der Waals surface area contributed by atoms with Gasteiger partial charge in [0.1, 0.15) is 0 Å². The monoisotopic (exact) mass is 382 g/mol. The van der Waals surface area contributed by atoms with Crippen LogP contribution in [-0.2, 0) is 26.6 Å². The molecule has 0 saturated heterocycles. The minimum Gasteiger partial charge on any atom is -0.214 e. The quantitative estimate of drug-likeness (QED) is 0.768. The summed E-state index contributed by atoms with van der Waals surface area (Å²) >= 11 is 0. The van der Waals surface area contributed by atoms with Crippen LogP contribution in [0.3, 0.4) is 0 Å². The van der Waals surface area contributed by atoms with E-state index in [1.54, 1.807) is 36.4 Å². The van der Waals surface area contributed by atoms with E-state index in [-0.39, 0.29) is 16.3 Å². The fraction of sp³-hybridized carbons (Fsp3) is 0.294. The van der Waals surface area contributed by atoms with Crippen molar-refractivity contribution in [2.45, 2.75) is 36.1 Å². The first-order chi connectivity index (χ1) is 11.7. The van der Waals surface area contributed by atoms with Gasteiger partial charge in [-0.05, 0) is 48.4 Å². The molecule has 2 rings (SSSR count). The first-order valence-corrected chi connectivity index (χ1v) is 10.7. The minimum absolute atomic E-state index is 0.00133. The Morgan fingerprint density at radius 1 is 0.880 bits per heavy atom. The van der Waals surface area contributed by atoms with Crippen molar-refractivity contribution in [3.8, 4) is 0 Å². The molecule has 0 atom stereocenters. The van der Waals surface area contributed by atoms with Crippen LogP contribution < -0.4 is 9.44 Å². The van der Waals surface area contributed by atoms with Gasteiger partial charge in [0.15, 0.2) is 0 Å². The Morgan fingerprint density at radius 2 is 1.52 bits per heavy atom. The number of sulfonamides is 2. The van der Waals surface area contributed by atoms with Crippen LogP contribution in [0.15, 0.2) is 58.3 Å². The molecule has 0 heterocycles. The third kappa shape index (κ3) is 4.88. The van der Waals surface area contributed by atoms with E-state index in [0.717, 1.165) is 5.56 Å². The molecule has 0 radical (unpaired) electrons. The molecule has 2 aromatic rings. The molecule has 6 nitrogen and oxygen atoms in total. The van der Waals surface area contributed by atoms with E-state index in [9.17, 15) is 16.8 Å². The number of nitrogens with one attached hydrogen (secondary N) is 2. The summed E-state index contributed by atoms with van der Waals surface area (Å²) in [5.74, 6) is 0.321. The second-order valence-corrected chi connectivity index (χ2v) is 9.56. The smallest absolute Gasteiger partial charge is 0.214 e. The maximum Gasteiger partial charge on any atom is 0.240 e. The molecule has 0 unspecified atom stereocenters. The third-order valence-electron chi connectivity index (χ3n) is 3.80. The van der Waals surface area contributed by atoms with Gasteiger partial charge in [0.25, 0.3) is 0 Å².